The molecule has 15 heavy (non-hydrogen) atoms. The molecular formula is C9H13N3O3. The van der Waals surface area contributed by atoms with Crippen molar-refractivity contribution >= 4 is 11.8 Å². The Morgan fingerprint density at radius 1 is 1.47 bits per heavy atom. The van der Waals surface area contributed by atoms with E-state index in [0.29, 0.717) is 11.7 Å². The number of ether oxygens (including phenoxy) is 2. The summed E-state index contributed by atoms with van der Waals surface area (Å²) < 4.78 is 9.50. The lowest BCUT2D eigenvalue weighted by Gasteiger charge is -2.09. The summed E-state index contributed by atoms with van der Waals surface area (Å²) in [5.74, 6) is 0.691. The molecule has 6 heteroatoms. The first-order valence-corrected chi connectivity index (χ1v) is 4.35. The Labute approximate surface area is 87.6 Å². The molecule has 0 atom stereocenters. The lowest BCUT2D eigenvalue weighted by Crippen LogP contribution is -2.16. The molecule has 0 spiro atoms. The highest BCUT2D eigenvalue weighted by Gasteiger charge is 2.08. The van der Waals surface area contributed by atoms with E-state index in [-0.39, 0.29) is 12.5 Å². The average Bonchev–Trinajstić information content (AvgIpc) is 2.27. The van der Waals surface area contributed by atoms with E-state index in [4.69, 9.17) is 4.74 Å². The van der Waals surface area contributed by atoms with Crippen LogP contribution in [0.3, 0.4) is 0 Å². The fraction of sp³-hybridized carbons (Fsp3) is 0.444. The van der Waals surface area contributed by atoms with Crippen LogP contribution in [0.15, 0.2) is 6.33 Å². The van der Waals surface area contributed by atoms with E-state index < -0.39 is 0 Å². The number of methoxy groups -OCH3 is 2. The van der Waals surface area contributed by atoms with Gasteiger partial charge in [-0.2, -0.15) is 0 Å². The summed E-state index contributed by atoms with van der Waals surface area (Å²) in [5.41, 5.74) is 0.754. The average molecular weight is 211 g/mol. The Hall–Kier alpha value is -1.85. The number of rotatable bonds is 4. The van der Waals surface area contributed by atoms with Crippen molar-refractivity contribution in [3.8, 4) is 5.88 Å². The van der Waals surface area contributed by atoms with Gasteiger partial charge in [-0.3, -0.25) is 4.79 Å². The van der Waals surface area contributed by atoms with Crippen LogP contribution in [0.4, 0.5) is 5.82 Å². The quantitative estimate of drug-likeness (QED) is 0.726. The van der Waals surface area contributed by atoms with Gasteiger partial charge in [0, 0.05) is 0 Å². The first-order valence-electron chi connectivity index (χ1n) is 4.35. The van der Waals surface area contributed by atoms with Gasteiger partial charge in [-0.15, -0.1) is 0 Å². The van der Waals surface area contributed by atoms with E-state index in [0.717, 1.165) is 5.56 Å². The van der Waals surface area contributed by atoms with Crippen LogP contribution < -0.4 is 10.1 Å². The molecule has 0 radical (unpaired) electrons. The number of nitrogens with one attached hydrogen (secondary N) is 1. The molecule has 0 aliphatic carbocycles. The fourth-order valence-electron chi connectivity index (χ4n) is 1.05. The Balaban J connectivity index is 2.73. The van der Waals surface area contributed by atoms with Crippen LogP contribution in [0.5, 0.6) is 5.88 Å². The molecule has 0 unspecified atom stereocenters. The minimum Gasteiger partial charge on any atom is -0.481 e. The summed E-state index contributed by atoms with van der Waals surface area (Å²) in [6, 6.07) is 0. The van der Waals surface area contributed by atoms with Crippen LogP contribution >= 0.6 is 0 Å². The van der Waals surface area contributed by atoms with Gasteiger partial charge in [0.05, 0.1) is 19.8 Å². The van der Waals surface area contributed by atoms with Gasteiger partial charge in [0.25, 0.3) is 0 Å². The molecule has 0 bridgehead atoms. The maximum absolute atomic E-state index is 10.9. The summed E-state index contributed by atoms with van der Waals surface area (Å²) in [4.78, 5) is 18.8. The van der Waals surface area contributed by atoms with Crippen LogP contribution in [0.1, 0.15) is 5.56 Å². The second-order valence-corrected chi connectivity index (χ2v) is 2.79. The third kappa shape index (κ3) is 2.80. The summed E-state index contributed by atoms with van der Waals surface area (Å²) in [6.45, 7) is 1.87. The van der Waals surface area contributed by atoms with Crippen molar-refractivity contribution in [2.75, 3.05) is 26.1 Å². The second-order valence-electron chi connectivity index (χ2n) is 2.79. The third-order valence-corrected chi connectivity index (χ3v) is 1.86. The highest BCUT2D eigenvalue weighted by atomic mass is 16.5. The molecule has 1 rings (SSSR count). The number of nitrogens with zero attached hydrogens (tertiary/aromatic N) is 2. The number of hydrogen-bond acceptors (Lipinski definition) is 6. The number of carbonyl (C=O) groups is 1. The predicted octanol–water partition coefficient (Wildman–Crippen LogP) is 0.379. The lowest BCUT2D eigenvalue weighted by atomic mass is 10.3. The van der Waals surface area contributed by atoms with Crippen molar-refractivity contribution in [1.29, 1.82) is 0 Å². The summed E-state index contributed by atoms with van der Waals surface area (Å²) in [6.07, 6.45) is 1.37. The van der Waals surface area contributed by atoms with Crippen LogP contribution in [-0.4, -0.2) is 36.7 Å². The molecule has 0 aliphatic heterocycles. The van der Waals surface area contributed by atoms with Crippen molar-refractivity contribution in [2.45, 2.75) is 6.92 Å². The van der Waals surface area contributed by atoms with E-state index in [1.54, 1.807) is 6.92 Å². The number of hydrogen-bond donors (Lipinski definition) is 1. The normalized spacial score (nSPS) is 9.53. The molecule has 0 aliphatic rings. The fourth-order valence-corrected chi connectivity index (χ4v) is 1.05. The zero-order valence-corrected chi connectivity index (χ0v) is 8.90. The van der Waals surface area contributed by atoms with Gasteiger partial charge in [0.2, 0.25) is 5.88 Å². The van der Waals surface area contributed by atoms with Gasteiger partial charge in [-0.05, 0) is 6.92 Å². The Bertz CT molecular complexity index is 354. The minimum atomic E-state index is -0.355. The molecule has 1 N–H and O–H groups in total. The standard InChI is InChI=1S/C9H13N3O3/c1-6-8(10-4-7(13)14-2)11-5-12-9(6)15-3/h5H,4H2,1-3H3,(H,10,11,12). The predicted molar refractivity (Wildman–Crippen MR) is 53.8 cm³/mol. The van der Waals surface area contributed by atoms with Gasteiger partial charge in [0.1, 0.15) is 18.7 Å². The number of aromatic nitrogens is 2. The summed E-state index contributed by atoms with van der Waals surface area (Å²) in [7, 11) is 2.86. The van der Waals surface area contributed by atoms with Crippen molar-refractivity contribution in [2.24, 2.45) is 0 Å². The Kier molecular flexibility index (Phi) is 3.84. The molecule has 0 fully saturated rings. The molecule has 0 saturated carbocycles. The highest BCUT2D eigenvalue weighted by molar-refractivity contribution is 5.74. The molecule has 82 valence electrons. The van der Waals surface area contributed by atoms with Gasteiger partial charge < -0.3 is 14.8 Å². The first-order chi connectivity index (χ1) is 7.19. The summed E-state index contributed by atoms with van der Waals surface area (Å²) >= 11 is 0. The molecule has 1 aromatic heterocycles. The van der Waals surface area contributed by atoms with Crippen molar-refractivity contribution < 1.29 is 14.3 Å². The SMILES string of the molecule is COC(=O)CNc1ncnc(OC)c1C. The number of esters is 1. The van der Waals surface area contributed by atoms with E-state index in [1.165, 1.54) is 20.5 Å². The van der Waals surface area contributed by atoms with Gasteiger partial charge >= 0.3 is 5.97 Å². The van der Waals surface area contributed by atoms with Crippen molar-refractivity contribution in [1.82, 2.24) is 9.97 Å². The molecule has 0 amide bonds. The van der Waals surface area contributed by atoms with Gasteiger partial charge in [0.15, 0.2) is 0 Å². The molecular weight excluding hydrogens is 198 g/mol. The number of carbonyl (C=O) groups excluding carboxylic acids is 1. The van der Waals surface area contributed by atoms with Gasteiger partial charge in [-0.1, -0.05) is 0 Å². The Morgan fingerprint density at radius 2 is 2.20 bits per heavy atom. The zero-order valence-electron chi connectivity index (χ0n) is 8.90. The van der Waals surface area contributed by atoms with Crippen LogP contribution in [0, 0.1) is 6.92 Å². The molecule has 0 saturated heterocycles. The van der Waals surface area contributed by atoms with E-state index in [9.17, 15) is 4.79 Å². The van der Waals surface area contributed by atoms with E-state index >= 15 is 0 Å². The molecule has 0 aromatic carbocycles. The second kappa shape index (κ2) is 5.14. The van der Waals surface area contributed by atoms with E-state index in [2.05, 4.69) is 20.0 Å². The Morgan fingerprint density at radius 3 is 2.80 bits per heavy atom. The molecule has 1 aromatic rings. The molecule has 6 nitrogen and oxygen atoms in total. The van der Waals surface area contributed by atoms with Crippen molar-refractivity contribution in [3.05, 3.63) is 11.9 Å². The smallest absolute Gasteiger partial charge is 0.325 e. The van der Waals surface area contributed by atoms with Crippen molar-refractivity contribution in [3.63, 3.8) is 0 Å². The van der Waals surface area contributed by atoms with Crippen LogP contribution in [0.25, 0.3) is 0 Å². The lowest BCUT2D eigenvalue weighted by molar-refractivity contribution is -0.138. The molecule has 1 heterocycles. The maximum atomic E-state index is 10.9. The number of anilines is 1. The first kappa shape index (κ1) is 11.2. The van der Waals surface area contributed by atoms with E-state index in [1.807, 2.05) is 0 Å². The third-order valence-electron chi connectivity index (χ3n) is 1.86. The van der Waals surface area contributed by atoms with Gasteiger partial charge in [-0.25, -0.2) is 9.97 Å². The summed E-state index contributed by atoms with van der Waals surface area (Å²) in [5, 5.41) is 2.83. The minimum absolute atomic E-state index is 0.0670. The maximum Gasteiger partial charge on any atom is 0.325 e. The largest absolute Gasteiger partial charge is 0.481 e. The van der Waals surface area contributed by atoms with Crippen LogP contribution in [-0.2, 0) is 9.53 Å². The van der Waals surface area contributed by atoms with Crippen LogP contribution in [0.2, 0.25) is 0 Å². The topological polar surface area (TPSA) is 73.3 Å². The monoisotopic (exact) mass is 211 g/mol. The highest BCUT2D eigenvalue weighted by Crippen LogP contribution is 2.19. The zero-order chi connectivity index (χ0) is 11.3.